The predicted octanol–water partition coefficient (Wildman–Crippen LogP) is 3.14. The number of likely N-dealkylation sites (tertiary alicyclic amines) is 1. The maximum Gasteiger partial charge on any atom is 0.226 e. The van der Waals surface area contributed by atoms with E-state index in [9.17, 15) is 4.79 Å². The first kappa shape index (κ1) is 15.6. The molecule has 4 heteroatoms. The Morgan fingerprint density at radius 3 is 2.77 bits per heavy atom. The normalized spacial score (nSPS) is 27.1. The molecule has 3 heterocycles. The highest BCUT2D eigenvalue weighted by atomic mass is 16.3. The number of amides is 1. The van der Waals surface area contributed by atoms with Crippen molar-refractivity contribution in [2.45, 2.75) is 52.0 Å². The van der Waals surface area contributed by atoms with E-state index >= 15 is 0 Å². The van der Waals surface area contributed by atoms with Crippen LogP contribution in [0.15, 0.2) is 16.5 Å². The summed E-state index contributed by atoms with van der Waals surface area (Å²) in [5.74, 6) is 3.18. The fourth-order valence-electron chi connectivity index (χ4n) is 3.74. The maximum absolute atomic E-state index is 13.0. The second-order valence-corrected chi connectivity index (χ2v) is 6.86. The first-order chi connectivity index (χ1) is 10.7. The number of aryl methyl sites for hydroxylation is 1. The third-order valence-electron chi connectivity index (χ3n) is 5.20. The number of piperidine rings is 2. The number of hydrogen-bond acceptors (Lipinski definition) is 3. The van der Waals surface area contributed by atoms with E-state index in [-0.39, 0.29) is 12.0 Å². The second-order valence-electron chi connectivity index (χ2n) is 6.86. The molecule has 22 heavy (non-hydrogen) atoms. The molecule has 0 radical (unpaired) electrons. The molecule has 2 fully saturated rings. The summed E-state index contributed by atoms with van der Waals surface area (Å²) in [5.41, 5.74) is 0. The Labute approximate surface area is 133 Å². The lowest BCUT2D eigenvalue weighted by atomic mass is 9.88. The average molecular weight is 304 g/mol. The van der Waals surface area contributed by atoms with Crippen molar-refractivity contribution in [3.8, 4) is 0 Å². The van der Waals surface area contributed by atoms with E-state index in [0.717, 1.165) is 63.3 Å². The molecule has 0 spiro atoms. The van der Waals surface area contributed by atoms with Crippen LogP contribution in [0.1, 0.15) is 57.1 Å². The van der Waals surface area contributed by atoms with Crippen molar-refractivity contribution in [2.75, 3.05) is 19.6 Å². The Balaban J connectivity index is 1.78. The summed E-state index contributed by atoms with van der Waals surface area (Å²) in [7, 11) is 0. The molecule has 2 aliphatic rings. The zero-order valence-electron chi connectivity index (χ0n) is 13.8. The van der Waals surface area contributed by atoms with Crippen LogP contribution in [0, 0.1) is 11.8 Å². The van der Waals surface area contributed by atoms with Crippen molar-refractivity contribution in [1.82, 2.24) is 10.2 Å². The molecule has 3 rings (SSSR count). The SMILES string of the molecule is CCc1ccc(C2CC(C)CCN2C(=O)C2CCNCC2)o1. The summed E-state index contributed by atoms with van der Waals surface area (Å²) in [6.07, 6.45) is 4.97. The summed E-state index contributed by atoms with van der Waals surface area (Å²) >= 11 is 0. The molecular weight excluding hydrogens is 276 g/mol. The van der Waals surface area contributed by atoms with Crippen molar-refractivity contribution in [3.63, 3.8) is 0 Å². The fraction of sp³-hybridized carbons (Fsp3) is 0.722. The van der Waals surface area contributed by atoms with Crippen LogP contribution in [-0.2, 0) is 11.2 Å². The molecule has 0 saturated carbocycles. The fourth-order valence-corrected chi connectivity index (χ4v) is 3.74. The van der Waals surface area contributed by atoms with Crippen molar-refractivity contribution < 1.29 is 9.21 Å². The van der Waals surface area contributed by atoms with Crippen molar-refractivity contribution in [1.29, 1.82) is 0 Å². The van der Waals surface area contributed by atoms with E-state index in [0.29, 0.717) is 11.8 Å². The highest BCUT2D eigenvalue weighted by Gasteiger charge is 2.36. The molecule has 0 bridgehead atoms. The number of furan rings is 1. The van der Waals surface area contributed by atoms with Crippen LogP contribution in [0.4, 0.5) is 0 Å². The van der Waals surface area contributed by atoms with Crippen LogP contribution in [-0.4, -0.2) is 30.4 Å². The van der Waals surface area contributed by atoms with Crippen LogP contribution in [0.3, 0.4) is 0 Å². The highest BCUT2D eigenvalue weighted by Crippen LogP contribution is 2.36. The van der Waals surface area contributed by atoms with Crippen LogP contribution in [0.25, 0.3) is 0 Å². The number of nitrogens with one attached hydrogen (secondary N) is 1. The van der Waals surface area contributed by atoms with E-state index in [1.807, 2.05) is 0 Å². The highest BCUT2D eigenvalue weighted by molar-refractivity contribution is 5.79. The zero-order chi connectivity index (χ0) is 15.5. The molecule has 1 aromatic rings. The quantitative estimate of drug-likeness (QED) is 0.933. The number of hydrogen-bond donors (Lipinski definition) is 1. The molecule has 2 aliphatic heterocycles. The van der Waals surface area contributed by atoms with Gasteiger partial charge in [-0.25, -0.2) is 0 Å². The van der Waals surface area contributed by atoms with Gasteiger partial charge in [0, 0.05) is 18.9 Å². The third kappa shape index (κ3) is 3.22. The van der Waals surface area contributed by atoms with Crippen molar-refractivity contribution in [2.24, 2.45) is 11.8 Å². The third-order valence-corrected chi connectivity index (χ3v) is 5.20. The van der Waals surface area contributed by atoms with Gasteiger partial charge in [0.15, 0.2) is 0 Å². The summed E-state index contributed by atoms with van der Waals surface area (Å²) in [6.45, 7) is 7.18. The van der Waals surface area contributed by atoms with E-state index in [2.05, 4.69) is 36.2 Å². The topological polar surface area (TPSA) is 45.5 Å². The number of rotatable bonds is 3. The second kappa shape index (κ2) is 6.86. The van der Waals surface area contributed by atoms with Crippen LogP contribution < -0.4 is 5.32 Å². The van der Waals surface area contributed by atoms with E-state index in [1.165, 1.54) is 0 Å². The average Bonchev–Trinajstić information content (AvgIpc) is 3.04. The summed E-state index contributed by atoms with van der Waals surface area (Å²) in [6, 6.07) is 4.26. The molecule has 2 atom stereocenters. The Bertz CT molecular complexity index is 505. The molecule has 1 N–H and O–H groups in total. The van der Waals surface area contributed by atoms with Gasteiger partial charge in [0.25, 0.3) is 0 Å². The van der Waals surface area contributed by atoms with Crippen LogP contribution in [0.2, 0.25) is 0 Å². The minimum atomic E-state index is 0.131. The lowest BCUT2D eigenvalue weighted by molar-refractivity contribution is -0.141. The Morgan fingerprint density at radius 1 is 1.32 bits per heavy atom. The maximum atomic E-state index is 13.0. The molecule has 2 unspecified atom stereocenters. The van der Waals surface area contributed by atoms with Gasteiger partial charge in [0.1, 0.15) is 11.5 Å². The lowest BCUT2D eigenvalue weighted by Gasteiger charge is -2.40. The largest absolute Gasteiger partial charge is 0.464 e. The Kier molecular flexibility index (Phi) is 4.87. The monoisotopic (exact) mass is 304 g/mol. The molecule has 1 amide bonds. The first-order valence-electron chi connectivity index (χ1n) is 8.78. The molecule has 4 nitrogen and oxygen atoms in total. The molecule has 0 aliphatic carbocycles. The molecule has 2 saturated heterocycles. The van der Waals surface area contributed by atoms with Gasteiger partial charge < -0.3 is 14.6 Å². The first-order valence-corrected chi connectivity index (χ1v) is 8.78. The van der Waals surface area contributed by atoms with Gasteiger partial charge in [-0.2, -0.15) is 0 Å². The Hall–Kier alpha value is -1.29. The van der Waals surface area contributed by atoms with Gasteiger partial charge in [0.05, 0.1) is 6.04 Å². The lowest BCUT2D eigenvalue weighted by Crippen LogP contribution is -2.45. The van der Waals surface area contributed by atoms with Crippen LogP contribution >= 0.6 is 0 Å². The van der Waals surface area contributed by atoms with Crippen molar-refractivity contribution >= 4 is 5.91 Å². The number of carbonyl (C=O) groups is 1. The van der Waals surface area contributed by atoms with Gasteiger partial charge in [-0.15, -0.1) is 0 Å². The molecule has 0 aromatic carbocycles. The van der Waals surface area contributed by atoms with Gasteiger partial charge >= 0.3 is 0 Å². The Morgan fingerprint density at radius 2 is 2.09 bits per heavy atom. The van der Waals surface area contributed by atoms with Gasteiger partial charge in [-0.3, -0.25) is 4.79 Å². The smallest absolute Gasteiger partial charge is 0.226 e. The minimum Gasteiger partial charge on any atom is -0.464 e. The standard InChI is InChI=1S/C18H28N2O2/c1-3-15-4-5-17(22-15)16-12-13(2)8-11-20(16)18(21)14-6-9-19-10-7-14/h4-5,13-14,16,19H,3,6-12H2,1-2H3. The van der Waals surface area contributed by atoms with E-state index in [4.69, 9.17) is 4.42 Å². The molecule has 122 valence electrons. The van der Waals surface area contributed by atoms with Gasteiger partial charge in [-0.05, 0) is 56.8 Å². The van der Waals surface area contributed by atoms with E-state index < -0.39 is 0 Å². The molecule has 1 aromatic heterocycles. The predicted molar refractivity (Wildman–Crippen MR) is 86.5 cm³/mol. The molecular formula is C18H28N2O2. The number of carbonyl (C=O) groups excluding carboxylic acids is 1. The summed E-state index contributed by atoms with van der Waals surface area (Å²) < 4.78 is 5.98. The van der Waals surface area contributed by atoms with Gasteiger partial charge in [-0.1, -0.05) is 13.8 Å². The van der Waals surface area contributed by atoms with Gasteiger partial charge in [0.2, 0.25) is 5.91 Å². The zero-order valence-corrected chi connectivity index (χ0v) is 13.8. The summed E-state index contributed by atoms with van der Waals surface area (Å²) in [4.78, 5) is 15.1. The minimum absolute atomic E-state index is 0.131. The number of nitrogens with zero attached hydrogens (tertiary/aromatic N) is 1. The van der Waals surface area contributed by atoms with Crippen molar-refractivity contribution in [3.05, 3.63) is 23.7 Å². The van der Waals surface area contributed by atoms with Crippen LogP contribution in [0.5, 0.6) is 0 Å². The van der Waals surface area contributed by atoms with E-state index in [1.54, 1.807) is 0 Å². The summed E-state index contributed by atoms with van der Waals surface area (Å²) in [5, 5.41) is 3.34.